The molecule has 3 aromatic carbocycles. The zero-order valence-electron chi connectivity index (χ0n) is 12.6. The first-order valence-electron chi connectivity index (χ1n) is 7.43. The second-order valence-corrected chi connectivity index (χ2v) is 5.10. The molecule has 114 valence electrons. The predicted molar refractivity (Wildman–Crippen MR) is 92.3 cm³/mol. The summed E-state index contributed by atoms with van der Waals surface area (Å²) in [6.07, 6.45) is 0.659. The van der Waals surface area contributed by atoms with Gasteiger partial charge in [-0.1, -0.05) is 54.6 Å². The van der Waals surface area contributed by atoms with Gasteiger partial charge < -0.3 is 10.1 Å². The Morgan fingerprint density at radius 3 is 2.26 bits per heavy atom. The van der Waals surface area contributed by atoms with E-state index in [0.717, 1.165) is 17.0 Å². The van der Waals surface area contributed by atoms with Crippen LogP contribution in [0, 0.1) is 0 Å². The summed E-state index contributed by atoms with van der Waals surface area (Å²) < 4.78 is 5.87. The van der Waals surface area contributed by atoms with Crippen LogP contribution in [0.1, 0.15) is 5.56 Å². The van der Waals surface area contributed by atoms with E-state index in [1.54, 1.807) is 0 Å². The number of carbonyl (C=O) groups is 1. The summed E-state index contributed by atoms with van der Waals surface area (Å²) in [6, 6.07) is 25.8. The molecule has 23 heavy (non-hydrogen) atoms. The van der Waals surface area contributed by atoms with Crippen LogP contribution in [-0.2, 0) is 11.4 Å². The van der Waals surface area contributed by atoms with Crippen molar-refractivity contribution in [2.75, 3.05) is 5.32 Å². The molecule has 3 rings (SSSR count). The first-order valence-corrected chi connectivity index (χ1v) is 7.43. The highest BCUT2D eigenvalue weighted by Crippen LogP contribution is 2.25. The smallest absolute Gasteiger partial charge is 0.211 e. The summed E-state index contributed by atoms with van der Waals surface area (Å²) in [5.74, 6) is 0.768. The molecule has 1 N–H and O–H groups in total. The van der Waals surface area contributed by atoms with Gasteiger partial charge in [0, 0.05) is 5.69 Å². The van der Waals surface area contributed by atoms with Gasteiger partial charge in [-0.3, -0.25) is 4.79 Å². The topological polar surface area (TPSA) is 38.3 Å². The second kappa shape index (κ2) is 7.27. The number of hydrogen-bond acceptors (Lipinski definition) is 2. The molecule has 0 heterocycles. The summed E-state index contributed by atoms with van der Waals surface area (Å²) in [4.78, 5) is 10.4. The maximum Gasteiger partial charge on any atom is 0.211 e. The molecule has 0 aromatic heterocycles. The monoisotopic (exact) mass is 303 g/mol. The number of anilines is 1. The van der Waals surface area contributed by atoms with Crippen LogP contribution in [-0.4, -0.2) is 6.41 Å². The zero-order chi connectivity index (χ0) is 15.9. The summed E-state index contributed by atoms with van der Waals surface area (Å²) in [5, 5.41) is 2.60. The van der Waals surface area contributed by atoms with Gasteiger partial charge >= 0.3 is 0 Å². The number of hydrogen-bond donors (Lipinski definition) is 1. The number of carbonyl (C=O) groups excluding carboxylic acids is 1. The van der Waals surface area contributed by atoms with Crippen molar-refractivity contribution in [1.29, 1.82) is 0 Å². The molecule has 0 spiro atoms. The lowest BCUT2D eigenvalue weighted by atomic mass is 10.0. The Bertz CT molecular complexity index is 767. The average molecular weight is 303 g/mol. The Morgan fingerprint density at radius 2 is 1.52 bits per heavy atom. The summed E-state index contributed by atoms with van der Waals surface area (Å²) in [7, 11) is 0. The van der Waals surface area contributed by atoms with E-state index in [9.17, 15) is 4.79 Å². The molecule has 0 bridgehead atoms. The number of nitrogens with one attached hydrogen (secondary N) is 1. The van der Waals surface area contributed by atoms with Gasteiger partial charge in [0.25, 0.3) is 0 Å². The van der Waals surface area contributed by atoms with E-state index >= 15 is 0 Å². The molecule has 0 aliphatic rings. The zero-order valence-corrected chi connectivity index (χ0v) is 12.6. The van der Waals surface area contributed by atoms with Crippen molar-refractivity contribution in [2.45, 2.75) is 6.61 Å². The molecule has 1 amide bonds. The highest BCUT2D eigenvalue weighted by atomic mass is 16.5. The molecule has 3 nitrogen and oxygen atoms in total. The van der Waals surface area contributed by atoms with Crippen LogP contribution in [0.25, 0.3) is 11.1 Å². The van der Waals surface area contributed by atoms with E-state index < -0.39 is 0 Å². The molecule has 0 saturated heterocycles. The van der Waals surface area contributed by atoms with E-state index in [-0.39, 0.29) is 0 Å². The maximum atomic E-state index is 10.4. The third-order valence-electron chi connectivity index (χ3n) is 3.58. The molecule has 3 heteroatoms. The van der Waals surface area contributed by atoms with Crippen molar-refractivity contribution in [3.8, 4) is 16.9 Å². The van der Waals surface area contributed by atoms with Gasteiger partial charge in [0.2, 0.25) is 6.41 Å². The normalized spacial score (nSPS) is 10.1. The number of amides is 1. The molecule has 0 unspecified atom stereocenters. The van der Waals surface area contributed by atoms with Gasteiger partial charge in [0.1, 0.15) is 12.4 Å². The van der Waals surface area contributed by atoms with E-state index in [4.69, 9.17) is 4.74 Å². The van der Waals surface area contributed by atoms with Crippen LogP contribution in [0.5, 0.6) is 5.75 Å². The highest BCUT2D eigenvalue weighted by molar-refractivity contribution is 5.71. The van der Waals surface area contributed by atoms with Crippen molar-refractivity contribution in [2.24, 2.45) is 0 Å². The lowest BCUT2D eigenvalue weighted by Crippen LogP contribution is -1.98. The summed E-state index contributed by atoms with van der Waals surface area (Å²) in [5.41, 5.74) is 4.23. The van der Waals surface area contributed by atoms with Crippen molar-refractivity contribution in [3.63, 3.8) is 0 Å². The maximum absolute atomic E-state index is 10.4. The van der Waals surface area contributed by atoms with Crippen molar-refractivity contribution >= 4 is 12.1 Å². The minimum Gasteiger partial charge on any atom is -0.489 e. The van der Waals surface area contributed by atoms with Gasteiger partial charge in [-0.05, 0) is 41.0 Å². The Morgan fingerprint density at radius 1 is 0.826 bits per heavy atom. The fraction of sp³-hybridized carbons (Fsp3) is 0.0500. The molecular weight excluding hydrogens is 286 g/mol. The minimum absolute atomic E-state index is 0.492. The molecule has 0 atom stereocenters. The average Bonchev–Trinajstić information content (AvgIpc) is 2.62. The Kier molecular flexibility index (Phi) is 4.69. The van der Waals surface area contributed by atoms with Crippen LogP contribution in [0.2, 0.25) is 0 Å². The molecule has 0 fully saturated rings. The first kappa shape index (κ1) is 14.9. The lowest BCUT2D eigenvalue weighted by molar-refractivity contribution is -0.105. The molecule has 0 radical (unpaired) electrons. The highest BCUT2D eigenvalue weighted by Gasteiger charge is 2.05. The number of benzene rings is 3. The first-order chi connectivity index (χ1) is 11.4. The van der Waals surface area contributed by atoms with E-state index in [1.807, 2.05) is 54.6 Å². The summed E-state index contributed by atoms with van der Waals surface area (Å²) in [6.45, 7) is 0.492. The largest absolute Gasteiger partial charge is 0.489 e. The van der Waals surface area contributed by atoms with Crippen molar-refractivity contribution in [3.05, 3.63) is 84.4 Å². The minimum atomic E-state index is 0.492. The van der Waals surface area contributed by atoms with Crippen LogP contribution in [0.3, 0.4) is 0 Å². The summed E-state index contributed by atoms with van der Waals surface area (Å²) >= 11 is 0. The predicted octanol–water partition coefficient (Wildman–Crippen LogP) is 4.50. The van der Waals surface area contributed by atoms with E-state index in [1.165, 1.54) is 11.1 Å². The quantitative estimate of drug-likeness (QED) is 0.681. The standard InChI is InChI=1S/C20H17NO2/c22-15-21-18-10-12-19(13-11-18)23-14-17-8-4-5-9-20(17)16-6-2-1-3-7-16/h1-13,15H,14H2,(H,21,22). The Labute approximate surface area is 135 Å². The van der Waals surface area contributed by atoms with Crippen molar-refractivity contribution in [1.82, 2.24) is 0 Å². The molecular formula is C20H17NO2. The fourth-order valence-electron chi connectivity index (χ4n) is 2.42. The van der Waals surface area contributed by atoms with Crippen LogP contribution >= 0.6 is 0 Å². The molecule has 0 aliphatic carbocycles. The Hall–Kier alpha value is -3.07. The van der Waals surface area contributed by atoms with Gasteiger partial charge in [0.05, 0.1) is 0 Å². The van der Waals surface area contributed by atoms with E-state index in [2.05, 4.69) is 29.6 Å². The van der Waals surface area contributed by atoms with E-state index in [0.29, 0.717) is 13.0 Å². The van der Waals surface area contributed by atoms with Crippen LogP contribution in [0.15, 0.2) is 78.9 Å². The van der Waals surface area contributed by atoms with Gasteiger partial charge in [0.15, 0.2) is 0 Å². The molecule has 0 aliphatic heterocycles. The van der Waals surface area contributed by atoms with Gasteiger partial charge in [-0.2, -0.15) is 0 Å². The fourth-order valence-corrected chi connectivity index (χ4v) is 2.42. The molecule has 3 aromatic rings. The molecule has 0 saturated carbocycles. The van der Waals surface area contributed by atoms with Crippen LogP contribution in [0.4, 0.5) is 5.69 Å². The second-order valence-electron chi connectivity index (χ2n) is 5.10. The number of ether oxygens (including phenoxy) is 1. The SMILES string of the molecule is O=CNc1ccc(OCc2ccccc2-c2ccccc2)cc1. The van der Waals surface area contributed by atoms with Gasteiger partial charge in [-0.25, -0.2) is 0 Å². The lowest BCUT2D eigenvalue weighted by Gasteiger charge is -2.11. The van der Waals surface area contributed by atoms with Gasteiger partial charge in [-0.15, -0.1) is 0 Å². The third-order valence-corrected chi connectivity index (χ3v) is 3.58. The van der Waals surface area contributed by atoms with Crippen LogP contribution < -0.4 is 10.1 Å². The Balaban J connectivity index is 1.75. The van der Waals surface area contributed by atoms with Crippen molar-refractivity contribution < 1.29 is 9.53 Å². The third kappa shape index (κ3) is 3.77. The number of rotatable bonds is 6.